The van der Waals surface area contributed by atoms with Crippen LogP contribution in [0.15, 0.2) is 12.1 Å². The van der Waals surface area contributed by atoms with Crippen LogP contribution in [0.5, 0.6) is 0 Å². The summed E-state index contributed by atoms with van der Waals surface area (Å²) in [5, 5.41) is 6.19. The fraction of sp³-hybridized carbons (Fsp3) is 0.538. The van der Waals surface area contributed by atoms with Gasteiger partial charge in [0, 0.05) is 25.3 Å². The monoisotopic (exact) mass is 283 g/mol. The maximum atomic E-state index is 12.2. The van der Waals surface area contributed by atoms with Gasteiger partial charge in [-0.15, -0.1) is 0 Å². The Labute approximate surface area is 117 Å². The standard InChI is InChI=1S/C13H18ClN3O2/c1-8-5-10(3-4-19-8)16-13(18)9-6-11(14)17-12(7-9)15-2/h6-8,10H,3-5H2,1-2H3,(H,15,17)(H,16,18). The van der Waals surface area contributed by atoms with Crippen LogP contribution in [0.4, 0.5) is 5.82 Å². The predicted octanol–water partition coefficient (Wildman–Crippen LogP) is 2.07. The van der Waals surface area contributed by atoms with Gasteiger partial charge in [0.2, 0.25) is 0 Å². The Kier molecular flexibility index (Phi) is 4.61. The number of nitrogens with zero attached hydrogens (tertiary/aromatic N) is 1. The Balaban J connectivity index is 2.05. The normalized spacial score (nSPS) is 22.9. The van der Waals surface area contributed by atoms with E-state index in [4.69, 9.17) is 16.3 Å². The number of carbonyl (C=O) groups is 1. The second-order valence-corrected chi connectivity index (χ2v) is 5.08. The van der Waals surface area contributed by atoms with Crippen LogP contribution < -0.4 is 10.6 Å². The van der Waals surface area contributed by atoms with E-state index in [0.29, 0.717) is 23.1 Å². The van der Waals surface area contributed by atoms with E-state index >= 15 is 0 Å². The SMILES string of the molecule is CNc1cc(C(=O)NC2CCOC(C)C2)cc(Cl)n1. The highest BCUT2D eigenvalue weighted by Crippen LogP contribution is 2.17. The van der Waals surface area contributed by atoms with E-state index in [1.54, 1.807) is 19.2 Å². The third-order valence-electron chi connectivity index (χ3n) is 3.13. The molecule has 6 heteroatoms. The van der Waals surface area contributed by atoms with Crippen LogP contribution in [0.1, 0.15) is 30.1 Å². The van der Waals surface area contributed by atoms with Crippen LogP contribution >= 0.6 is 11.6 Å². The maximum absolute atomic E-state index is 12.2. The summed E-state index contributed by atoms with van der Waals surface area (Å²) in [5.74, 6) is 0.456. The van der Waals surface area contributed by atoms with Gasteiger partial charge in [0.25, 0.3) is 5.91 Å². The van der Waals surface area contributed by atoms with Gasteiger partial charge in [0.05, 0.1) is 6.10 Å². The maximum Gasteiger partial charge on any atom is 0.251 e. The lowest BCUT2D eigenvalue weighted by Crippen LogP contribution is -2.41. The molecule has 1 aliphatic rings. The van der Waals surface area contributed by atoms with Crippen LogP contribution in [0.25, 0.3) is 0 Å². The highest BCUT2D eigenvalue weighted by Gasteiger charge is 2.21. The number of carbonyl (C=O) groups excluding carboxylic acids is 1. The molecule has 1 aromatic heterocycles. The smallest absolute Gasteiger partial charge is 0.251 e. The lowest BCUT2D eigenvalue weighted by Gasteiger charge is -2.28. The minimum absolute atomic E-state index is 0.125. The van der Waals surface area contributed by atoms with Crippen molar-refractivity contribution in [1.82, 2.24) is 10.3 Å². The quantitative estimate of drug-likeness (QED) is 0.834. The first-order chi connectivity index (χ1) is 9.08. The number of ether oxygens (including phenoxy) is 1. The molecule has 0 bridgehead atoms. The van der Waals surface area contributed by atoms with Crippen molar-refractivity contribution in [2.45, 2.75) is 31.9 Å². The molecule has 2 heterocycles. The minimum Gasteiger partial charge on any atom is -0.378 e. The number of nitrogens with one attached hydrogen (secondary N) is 2. The molecule has 0 aromatic carbocycles. The van der Waals surface area contributed by atoms with E-state index < -0.39 is 0 Å². The first-order valence-corrected chi connectivity index (χ1v) is 6.74. The molecule has 1 fully saturated rings. The van der Waals surface area contributed by atoms with Crippen molar-refractivity contribution in [1.29, 1.82) is 0 Å². The van der Waals surface area contributed by atoms with Gasteiger partial charge in [-0.05, 0) is 31.9 Å². The van der Waals surface area contributed by atoms with E-state index in [1.165, 1.54) is 0 Å². The summed E-state index contributed by atoms with van der Waals surface area (Å²) in [6, 6.07) is 3.41. The molecule has 1 amide bonds. The zero-order valence-corrected chi connectivity index (χ0v) is 11.8. The van der Waals surface area contributed by atoms with Gasteiger partial charge in [-0.3, -0.25) is 4.79 Å². The number of hydrogen-bond donors (Lipinski definition) is 2. The third kappa shape index (κ3) is 3.81. The number of aromatic nitrogens is 1. The summed E-state index contributed by atoms with van der Waals surface area (Å²) in [6.45, 7) is 2.70. The van der Waals surface area contributed by atoms with Crippen molar-refractivity contribution in [2.75, 3.05) is 19.0 Å². The summed E-state index contributed by atoms with van der Waals surface area (Å²) in [6.07, 6.45) is 1.87. The molecular weight excluding hydrogens is 266 g/mol. The van der Waals surface area contributed by atoms with E-state index in [1.807, 2.05) is 6.92 Å². The second kappa shape index (κ2) is 6.21. The van der Waals surface area contributed by atoms with Crippen LogP contribution in [-0.2, 0) is 4.74 Å². The molecule has 0 spiro atoms. The van der Waals surface area contributed by atoms with Crippen LogP contribution in [0.3, 0.4) is 0 Å². The molecule has 0 radical (unpaired) electrons. The Hall–Kier alpha value is -1.33. The van der Waals surface area contributed by atoms with Crippen molar-refractivity contribution in [2.24, 2.45) is 0 Å². The van der Waals surface area contributed by atoms with E-state index in [-0.39, 0.29) is 18.1 Å². The van der Waals surface area contributed by atoms with E-state index in [0.717, 1.165) is 12.8 Å². The third-order valence-corrected chi connectivity index (χ3v) is 3.33. The van der Waals surface area contributed by atoms with Crippen molar-refractivity contribution in [3.63, 3.8) is 0 Å². The number of pyridine rings is 1. The van der Waals surface area contributed by atoms with Crippen molar-refractivity contribution < 1.29 is 9.53 Å². The Morgan fingerprint density at radius 3 is 3.00 bits per heavy atom. The molecule has 2 unspecified atom stereocenters. The molecule has 1 aromatic rings. The molecule has 0 saturated carbocycles. The van der Waals surface area contributed by atoms with E-state index in [9.17, 15) is 4.79 Å². The molecule has 2 N–H and O–H groups in total. The number of halogens is 1. The molecule has 2 rings (SSSR count). The second-order valence-electron chi connectivity index (χ2n) is 4.69. The van der Waals surface area contributed by atoms with Gasteiger partial charge in [0.15, 0.2) is 0 Å². The summed E-state index contributed by atoms with van der Waals surface area (Å²) in [4.78, 5) is 16.2. The first-order valence-electron chi connectivity index (χ1n) is 6.36. The van der Waals surface area contributed by atoms with Crippen molar-refractivity contribution in [3.05, 3.63) is 22.8 Å². The fourth-order valence-corrected chi connectivity index (χ4v) is 2.36. The minimum atomic E-state index is -0.125. The molecular formula is C13H18ClN3O2. The van der Waals surface area contributed by atoms with Gasteiger partial charge < -0.3 is 15.4 Å². The molecule has 19 heavy (non-hydrogen) atoms. The van der Waals surface area contributed by atoms with Gasteiger partial charge in [0.1, 0.15) is 11.0 Å². The van der Waals surface area contributed by atoms with Crippen molar-refractivity contribution in [3.8, 4) is 0 Å². The zero-order valence-electron chi connectivity index (χ0n) is 11.1. The number of amides is 1. The highest BCUT2D eigenvalue weighted by atomic mass is 35.5. The van der Waals surface area contributed by atoms with Gasteiger partial charge in [-0.1, -0.05) is 11.6 Å². The van der Waals surface area contributed by atoms with Gasteiger partial charge in [-0.2, -0.15) is 0 Å². The van der Waals surface area contributed by atoms with Gasteiger partial charge in [-0.25, -0.2) is 4.98 Å². The average molecular weight is 284 g/mol. The molecule has 1 saturated heterocycles. The topological polar surface area (TPSA) is 63.2 Å². The number of anilines is 1. The van der Waals surface area contributed by atoms with Crippen LogP contribution in [0, 0.1) is 0 Å². The lowest BCUT2D eigenvalue weighted by atomic mass is 10.0. The molecule has 2 atom stereocenters. The molecule has 0 aliphatic carbocycles. The molecule has 104 valence electrons. The largest absolute Gasteiger partial charge is 0.378 e. The van der Waals surface area contributed by atoms with E-state index in [2.05, 4.69) is 15.6 Å². The molecule has 1 aliphatic heterocycles. The summed E-state index contributed by atoms with van der Waals surface area (Å²) in [5.41, 5.74) is 0.517. The lowest BCUT2D eigenvalue weighted by molar-refractivity contribution is 0.0136. The van der Waals surface area contributed by atoms with Crippen LogP contribution in [0.2, 0.25) is 5.15 Å². The number of hydrogen-bond acceptors (Lipinski definition) is 4. The number of rotatable bonds is 3. The molecule has 5 nitrogen and oxygen atoms in total. The summed E-state index contributed by atoms with van der Waals surface area (Å²) in [7, 11) is 1.74. The van der Waals surface area contributed by atoms with Crippen LogP contribution in [-0.4, -0.2) is 36.7 Å². The Bertz CT molecular complexity index is 467. The average Bonchev–Trinajstić information content (AvgIpc) is 2.38. The highest BCUT2D eigenvalue weighted by molar-refractivity contribution is 6.29. The Morgan fingerprint density at radius 1 is 1.53 bits per heavy atom. The fourth-order valence-electron chi connectivity index (χ4n) is 2.15. The first kappa shape index (κ1) is 14.1. The zero-order chi connectivity index (χ0) is 13.8. The summed E-state index contributed by atoms with van der Waals surface area (Å²) < 4.78 is 5.46. The predicted molar refractivity (Wildman–Crippen MR) is 74.7 cm³/mol. The Morgan fingerprint density at radius 2 is 2.32 bits per heavy atom. The summed E-state index contributed by atoms with van der Waals surface area (Å²) >= 11 is 5.89. The van der Waals surface area contributed by atoms with Crippen molar-refractivity contribution >= 4 is 23.3 Å². The van der Waals surface area contributed by atoms with Gasteiger partial charge >= 0.3 is 0 Å².